The van der Waals surface area contributed by atoms with E-state index in [-0.39, 0.29) is 15.9 Å². The fourth-order valence-electron chi connectivity index (χ4n) is 2.51. The first-order chi connectivity index (χ1) is 11.0. The minimum Gasteiger partial charge on any atom is -0.482 e. The van der Waals surface area contributed by atoms with Gasteiger partial charge in [0, 0.05) is 10.5 Å². The van der Waals surface area contributed by atoms with Gasteiger partial charge in [-0.2, -0.15) is 0 Å². The van der Waals surface area contributed by atoms with E-state index < -0.39 is 22.4 Å². The number of aliphatic carboxylic acids is 1. The molecule has 0 spiro atoms. The summed E-state index contributed by atoms with van der Waals surface area (Å²) in [5.41, 5.74) is 0.558. The fourth-order valence-corrected chi connectivity index (χ4v) is 6.00. The Morgan fingerprint density at radius 3 is 2.61 bits per heavy atom. The number of ether oxygens (including phenoxy) is 1. The van der Waals surface area contributed by atoms with Gasteiger partial charge in [-0.25, -0.2) is 13.2 Å². The molecule has 0 radical (unpaired) electrons. The average molecular weight is 350 g/mol. The van der Waals surface area contributed by atoms with Gasteiger partial charge in [0.1, 0.15) is 5.75 Å². The highest BCUT2D eigenvalue weighted by Crippen LogP contribution is 2.48. The van der Waals surface area contributed by atoms with Crippen LogP contribution in [0.5, 0.6) is 5.75 Å². The lowest BCUT2D eigenvalue weighted by molar-refractivity contribution is -0.139. The Balaban J connectivity index is 1.99. The highest BCUT2D eigenvalue weighted by atomic mass is 32.2. The monoisotopic (exact) mass is 350 g/mol. The van der Waals surface area contributed by atoms with Crippen LogP contribution in [0.3, 0.4) is 0 Å². The lowest BCUT2D eigenvalue weighted by atomic mass is 10.1. The predicted molar refractivity (Wildman–Crippen MR) is 86.7 cm³/mol. The third-order valence-corrected chi connectivity index (χ3v) is 6.67. The van der Waals surface area contributed by atoms with Crippen molar-refractivity contribution in [2.75, 3.05) is 12.4 Å². The molecule has 0 aromatic heterocycles. The number of benzene rings is 2. The van der Waals surface area contributed by atoms with E-state index in [1.54, 1.807) is 18.2 Å². The Kier molecular flexibility index (Phi) is 4.32. The molecule has 1 atom stereocenters. The molecule has 0 saturated heterocycles. The molecule has 1 aliphatic rings. The lowest BCUT2D eigenvalue weighted by Gasteiger charge is -2.14. The molecular formula is C16H14O5S2. The zero-order valence-electron chi connectivity index (χ0n) is 12.0. The van der Waals surface area contributed by atoms with Gasteiger partial charge in [-0.1, -0.05) is 24.3 Å². The molecule has 120 valence electrons. The molecule has 3 rings (SSSR count). The van der Waals surface area contributed by atoms with Crippen LogP contribution in [0.2, 0.25) is 0 Å². The van der Waals surface area contributed by atoms with Gasteiger partial charge in [-0.3, -0.25) is 0 Å². The number of sulfone groups is 1. The van der Waals surface area contributed by atoms with Gasteiger partial charge in [0.05, 0.1) is 15.9 Å². The van der Waals surface area contributed by atoms with Crippen molar-refractivity contribution in [1.82, 2.24) is 0 Å². The second kappa shape index (κ2) is 6.25. The maximum Gasteiger partial charge on any atom is 0.341 e. The molecule has 0 aliphatic carbocycles. The largest absolute Gasteiger partial charge is 0.482 e. The Morgan fingerprint density at radius 2 is 1.91 bits per heavy atom. The van der Waals surface area contributed by atoms with Crippen molar-refractivity contribution >= 4 is 27.6 Å². The van der Waals surface area contributed by atoms with Crippen molar-refractivity contribution in [3.63, 3.8) is 0 Å². The zero-order valence-corrected chi connectivity index (χ0v) is 13.6. The molecule has 5 nitrogen and oxygen atoms in total. The normalized spacial score (nSPS) is 18.3. The number of thioether (sulfide) groups is 1. The van der Waals surface area contributed by atoms with Gasteiger partial charge in [0.25, 0.3) is 0 Å². The molecule has 1 N–H and O–H groups in total. The van der Waals surface area contributed by atoms with Gasteiger partial charge >= 0.3 is 5.97 Å². The number of rotatable bonds is 5. The van der Waals surface area contributed by atoms with Crippen LogP contribution in [0.15, 0.2) is 58.3 Å². The maximum atomic E-state index is 12.4. The topological polar surface area (TPSA) is 80.7 Å². The van der Waals surface area contributed by atoms with E-state index >= 15 is 0 Å². The second-order valence-corrected chi connectivity index (χ2v) is 8.33. The molecule has 1 aliphatic heterocycles. The first-order valence-electron chi connectivity index (χ1n) is 6.89. The van der Waals surface area contributed by atoms with E-state index in [2.05, 4.69) is 0 Å². The second-order valence-electron chi connectivity index (χ2n) is 5.05. The molecule has 1 heterocycles. The number of carboxylic acids is 1. The summed E-state index contributed by atoms with van der Waals surface area (Å²) in [5, 5.41) is 8.46. The molecule has 0 saturated carbocycles. The van der Waals surface area contributed by atoms with Crippen molar-refractivity contribution < 1.29 is 23.1 Å². The van der Waals surface area contributed by atoms with Crippen LogP contribution in [-0.4, -0.2) is 31.9 Å². The number of fused-ring (bicyclic) bond motifs is 1. The Hall–Kier alpha value is -1.99. The standard InChI is InChI=1S/C16H14O5S2/c17-15(18)9-21-12-7-4-8-14-16(12)13(10-23(14,19)20)22-11-5-2-1-3-6-11/h1-8,13H,9-10H2,(H,17,18). The van der Waals surface area contributed by atoms with Crippen LogP contribution in [-0.2, 0) is 14.6 Å². The van der Waals surface area contributed by atoms with Gasteiger partial charge in [0.2, 0.25) is 0 Å². The third kappa shape index (κ3) is 3.35. The molecule has 2 aromatic carbocycles. The minimum absolute atomic E-state index is 0.0185. The summed E-state index contributed by atoms with van der Waals surface area (Å²) in [5.74, 6) is -0.801. The summed E-state index contributed by atoms with van der Waals surface area (Å²) in [6, 6.07) is 14.2. The van der Waals surface area contributed by atoms with E-state index in [1.165, 1.54) is 11.8 Å². The summed E-state index contributed by atoms with van der Waals surface area (Å²) in [7, 11) is -3.38. The summed E-state index contributed by atoms with van der Waals surface area (Å²) < 4.78 is 30.0. The van der Waals surface area contributed by atoms with Gasteiger partial charge in [-0.05, 0) is 24.3 Å². The van der Waals surface area contributed by atoms with E-state index in [4.69, 9.17) is 9.84 Å². The van der Waals surface area contributed by atoms with E-state index in [9.17, 15) is 13.2 Å². The molecule has 7 heteroatoms. The molecule has 0 amide bonds. The molecule has 0 fully saturated rings. The maximum absolute atomic E-state index is 12.4. The van der Waals surface area contributed by atoms with Crippen LogP contribution < -0.4 is 4.74 Å². The van der Waals surface area contributed by atoms with Crippen LogP contribution in [0.1, 0.15) is 10.8 Å². The molecule has 23 heavy (non-hydrogen) atoms. The van der Waals surface area contributed by atoms with E-state index in [0.717, 1.165) is 4.90 Å². The van der Waals surface area contributed by atoms with Crippen molar-refractivity contribution in [1.29, 1.82) is 0 Å². The average Bonchev–Trinajstić information content (AvgIpc) is 2.78. The predicted octanol–water partition coefficient (Wildman–Crippen LogP) is 2.77. The third-order valence-electron chi connectivity index (χ3n) is 3.43. The number of carbonyl (C=O) groups is 1. The smallest absolute Gasteiger partial charge is 0.341 e. The summed E-state index contributed by atoms with van der Waals surface area (Å²) in [6.07, 6.45) is 0. The van der Waals surface area contributed by atoms with Gasteiger partial charge in [-0.15, -0.1) is 11.8 Å². The zero-order chi connectivity index (χ0) is 16.4. The van der Waals surface area contributed by atoms with Crippen molar-refractivity contribution in [2.24, 2.45) is 0 Å². The van der Waals surface area contributed by atoms with Crippen LogP contribution >= 0.6 is 11.8 Å². The Bertz CT molecular complexity index is 831. The number of carboxylic acid groups (broad SMARTS) is 1. The van der Waals surface area contributed by atoms with Crippen LogP contribution in [0.25, 0.3) is 0 Å². The minimum atomic E-state index is -3.38. The number of hydrogen-bond donors (Lipinski definition) is 1. The quantitative estimate of drug-likeness (QED) is 0.893. The number of hydrogen-bond acceptors (Lipinski definition) is 5. The van der Waals surface area contributed by atoms with Crippen LogP contribution in [0, 0.1) is 0 Å². The van der Waals surface area contributed by atoms with Crippen molar-refractivity contribution in [3.05, 3.63) is 54.1 Å². The lowest BCUT2D eigenvalue weighted by Crippen LogP contribution is -2.11. The Labute approximate surface area is 138 Å². The molecule has 2 aromatic rings. The molecule has 0 bridgehead atoms. The van der Waals surface area contributed by atoms with E-state index in [0.29, 0.717) is 11.3 Å². The summed E-state index contributed by atoms with van der Waals surface area (Å²) >= 11 is 1.44. The highest BCUT2D eigenvalue weighted by Gasteiger charge is 2.38. The highest BCUT2D eigenvalue weighted by molar-refractivity contribution is 8.01. The first-order valence-corrected chi connectivity index (χ1v) is 9.42. The molecular weight excluding hydrogens is 336 g/mol. The summed E-state index contributed by atoms with van der Waals surface area (Å²) in [4.78, 5) is 11.9. The first kappa shape index (κ1) is 15.9. The van der Waals surface area contributed by atoms with Gasteiger partial charge in [0.15, 0.2) is 16.4 Å². The summed E-state index contributed by atoms with van der Waals surface area (Å²) in [6.45, 7) is -0.501. The van der Waals surface area contributed by atoms with E-state index in [1.807, 2.05) is 30.3 Å². The SMILES string of the molecule is O=C(O)COc1cccc2c1C(Sc1ccccc1)CS2(=O)=O. The van der Waals surface area contributed by atoms with Gasteiger partial charge < -0.3 is 9.84 Å². The van der Waals surface area contributed by atoms with Crippen molar-refractivity contribution in [3.8, 4) is 5.75 Å². The molecule has 1 unspecified atom stereocenters. The van der Waals surface area contributed by atoms with Crippen molar-refractivity contribution in [2.45, 2.75) is 15.0 Å². The fraction of sp³-hybridized carbons (Fsp3) is 0.188. The van der Waals surface area contributed by atoms with Crippen LogP contribution in [0.4, 0.5) is 0 Å². The Morgan fingerprint density at radius 1 is 1.17 bits per heavy atom.